The van der Waals surface area contributed by atoms with Gasteiger partial charge in [-0.15, -0.1) is 0 Å². The lowest BCUT2D eigenvalue weighted by Crippen LogP contribution is -2.45. The number of piperazine rings is 1. The number of nitrogens with one attached hydrogen (secondary N) is 2. The van der Waals surface area contributed by atoms with Crippen LogP contribution < -0.4 is 15.5 Å². The number of aromatic nitrogens is 2. The number of nitrogens with zero attached hydrogens (tertiary/aromatic N) is 4. The second kappa shape index (κ2) is 9.03. The second-order valence-corrected chi connectivity index (χ2v) is 9.17. The van der Waals surface area contributed by atoms with Crippen molar-refractivity contribution >= 4 is 17.9 Å². The molecule has 0 bridgehead atoms. The summed E-state index contributed by atoms with van der Waals surface area (Å²) < 4.78 is 5.09. The summed E-state index contributed by atoms with van der Waals surface area (Å²) in [5, 5.41) is 6.85. The highest BCUT2D eigenvalue weighted by Gasteiger charge is 2.30. The zero-order valence-electron chi connectivity index (χ0n) is 18.9. The van der Waals surface area contributed by atoms with E-state index >= 15 is 0 Å². The molecule has 170 valence electrons. The maximum atomic E-state index is 11.8. The van der Waals surface area contributed by atoms with Gasteiger partial charge in [-0.3, -0.25) is 9.80 Å². The Morgan fingerprint density at radius 1 is 1.19 bits per heavy atom. The Hall–Kier alpha value is -2.71. The van der Waals surface area contributed by atoms with Crippen LogP contribution in [0.15, 0.2) is 30.5 Å². The van der Waals surface area contributed by atoms with Crippen LogP contribution in [0.4, 0.5) is 16.6 Å². The van der Waals surface area contributed by atoms with Gasteiger partial charge in [0.05, 0.1) is 11.6 Å². The fourth-order valence-corrected chi connectivity index (χ4v) is 4.63. The van der Waals surface area contributed by atoms with Crippen molar-refractivity contribution < 1.29 is 9.53 Å². The number of rotatable bonds is 7. The number of carbonyl (C=O) groups excluding carboxylic acids is 1. The summed E-state index contributed by atoms with van der Waals surface area (Å²) in [6.45, 7) is 6.71. The maximum absolute atomic E-state index is 11.8. The molecule has 1 aliphatic carbocycles. The van der Waals surface area contributed by atoms with Crippen LogP contribution in [0.2, 0.25) is 0 Å². The summed E-state index contributed by atoms with van der Waals surface area (Å²) >= 11 is 0. The number of amides is 1. The van der Waals surface area contributed by atoms with Gasteiger partial charge >= 0.3 is 6.09 Å². The van der Waals surface area contributed by atoms with Crippen molar-refractivity contribution in [3.63, 3.8) is 0 Å². The van der Waals surface area contributed by atoms with Crippen molar-refractivity contribution in [2.45, 2.75) is 44.9 Å². The first kappa shape index (κ1) is 21.2. The number of fused-ring (bicyclic) bond motifs is 1. The van der Waals surface area contributed by atoms with Crippen LogP contribution in [-0.2, 0) is 11.3 Å². The molecular formula is C24H32N6O2. The SMILES string of the molecule is C[C@H](Nc1ncc2c(n1)N(C)C(=O)OC2)c1ccc(C(CC2CC2)N2CCNCC2)cc1. The molecule has 2 fully saturated rings. The highest BCUT2D eigenvalue weighted by Crippen LogP contribution is 2.40. The van der Waals surface area contributed by atoms with E-state index in [0.29, 0.717) is 17.8 Å². The lowest BCUT2D eigenvalue weighted by Gasteiger charge is -2.35. The molecule has 0 spiro atoms. The van der Waals surface area contributed by atoms with E-state index in [1.54, 1.807) is 13.2 Å². The van der Waals surface area contributed by atoms with E-state index in [0.717, 1.165) is 37.7 Å². The maximum Gasteiger partial charge on any atom is 0.415 e. The Balaban J connectivity index is 1.28. The van der Waals surface area contributed by atoms with E-state index in [4.69, 9.17) is 4.74 Å². The minimum absolute atomic E-state index is 0.0454. The van der Waals surface area contributed by atoms with Crippen LogP contribution in [0.5, 0.6) is 0 Å². The summed E-state index contributed by atoms with van der Waals surface area (Å²) in [4.78, 5) is 24.8. The number of cyclic esters (lactones) is 1. The second-order valence-electron chi connectivity index (χ2n) is 9.17. The molecule has 2 N–H and O–H groups in total. The van der Waals surface area contributed by atoms with Gasteiger partial charge in [0, 0.05) is 45.5 Å². The number of carbonyl (C=O) groups is 1. The average Bonchev–Trinajstić information content (AvgIpc) is 3.65. The molecule has 3 aliphatic rings. The van der Waals surface area contributed by atoms with E-state index in [2.05, 4.69) is 56.7 Å². The first-order chi connectivity index (χ1) is 15.6. The van der Waals surface area contributed by atoms with Crippen molar-refractivity contribution in [2.24, 2.45) is 5.92 Å². The molecule has 0 radical (unpaired) electrons. The Kier molecular flexibility index (Phi) is 5.97. The van der Waals surface area contributed by atoms with Crippen LogP contribution in [0.25, 0.3) is 0 Å². The predicted molar refractivity (Wildman–Crippen MR) is 124 cm³/mol. The molecule has 1 saturated carbocycles. The van der Waals surface area contributed by atoms with Crippen molar-refractivity contribution in [3.05, 3.63) is 47.2 Å². The highest BCUT2D eigenvalue weighted by molar-refractivity contribution is 5.88. The van der Waals surface area contributed by atoms with E-state index in [1.165, 1.54) is 35.3 Å². The minimum Gasteiger partial charge on any atom is -0.444 e. The molecule has 1 aromatic carbocycles. The van der Waals surface area contributed by atoms with Crippen molar-refractivity contribution in [1.29, 1.82) is 0 Å². The Morgan fingerprint density at radius 3 is 2.62 bits per heavy atom. The summed E-state index contributed by atoms with van der Waals surface area (Å²) in [7, 11) is 1.66. The first-order valence-corrected chi connectivity index (χ1v) is 11.7. The van der Waals surface area contributed by atoms with Crippen LogP contribution in [0.1, 0.15) is 55.0 Å². The molecule has 8 heteroatoms. The average molecular weight is 437 g/mol. The lowest BCUT2D eigenvalue weighted by molar-refractivity contribution is 0.143. The van der Waals surface area contributed by atoms with Gasteiger partial charge in [0.15, 0.2) is 0 Å². The molecule has 1 unspecified atom stereocenters. The number of ether oxygens (including phenoxy) is 1. The summed E-state index contributed by atoms with van der Waals surface area (Å²) in [6.07, 6.45) is 5.37. The topological polar surface area (TPSA) is 82.6 Å². The highest BCUT2D eigenvalue weighted by atomic mass is 16.6. The number of hydrogen-bond acceptors (Lipinski definition) is 7. The summed E-state index contributed by atoms with van der Waals surface area (Å²) in [5.41, 5.74) is 3.41. The third-order valence-corrected chi connectivity index (χ3v) is 6.80. The third-order valence-electron chi connectivity index (χ3n) is 6.80. The predicted octanol–water partition coefficient (Wildman–Crippen LogP) is 3.48. The third kappa shape index (κ3) is 4.56. The smallest absolute Gasteiger partial charge is 0.415 e. The van der Waals surface area contributed by atoms with Crippen molar-refractivity contribution in [2.75, 3.05) is 43.4 Å². The molecule has 2 atom stereocenters. The quantitative estimate of drug-likeness (QED) is 0.688. The fourth-order valence-electron chi connectivity index (χ4n) is 4.63. The Morgan fingerprint density at radius 2 is 1.91 bits per heavy atom. The van der Waals surface area contributed by atoms with Crippen LogP contribution in [0, 0.1) is 5.92 Å². The number of benzene rings is 1. The standard InChI is InChI=1S/C24H32N6O2/c1-16(27-23-26-14-20-15-32-24(31)29(2)22(20)28-23)18-5-7-19(8-6-18)21(13-17-3-4-17)30-11-9-25-10-12-30/h5-8,14,16-17,21,25H,3-4,9-13,15H2,1-2H3,(H,26,27,28)/t16-,21?/m0/s1. The molecule has 1 saturated heterocycles. The van der Waals surface area contributed by atoms with Gasteiger partial charge in [-0.05, 0) is 30.4 Å². The summed E-state index contributed by atoms with van der Waals surface area (Å²) in [5.74, 6) is 2.00. The number of anilines is 2. The molecule has 1 amide bonds. The van der Waals surface area contributed by atoms with Crippen LogP contribution in [0.3, 0.4) is 0 Å². The zero-order valence-corrected chi connectivity index (χ0v) is 18.9. The van der Waals surface area contributed by atoms with Gasteiger partial charge in [0.1, 0.15) is 12.4 Å². The normalized spacial score (nSPS) is 20.9. The van der Waals surface area contributed by atoms with Gasteiger partial charge in [-0.1, -0.05) is 37.1 Å². The molecule has 2 aromatic rings. The van der Waals surface area contributed by atoms with E-state index in [9.17, 15) is 4.79 Å². The van der Waals surface area contributed by atoms with Crippen LogP contribution >= 0.6 is 0 Å². The zero-order chi connectivity index (χ0) is 22.1. The molecule has 32 heavy (non-hydrogen) atoms. The largest absolute Gasteiger partial charge is 0.444 e. The fraction of sp³-hybridized carbons (Fsp3) is 0.542. The molecular weight excluding hydrogens is 404 g/mol. The van der Waals surface area contributed by atoms with E-state index in [1.807, 2.05) is 0 Å². The summed E-state index contributed by atoms with van der Waals surface area (Å²) in [6, 6.07) is 9.58. The van der Waals surface area contributed by atoms with Crippen molar-refractivity contribution in [1.82, 2.24) is 20.2 Å². The van der Waals surface area contributed by atoms with E-state index in [-0.39, 0.29) is 12.6 Å². The first-order valence-electron chi connectivity index (χ1n) is 11.7. The van der Waals surface area contributed by atoms with Crippen LogP contribution in [-0.4, -0.2) is 54.2 Å². The molecule has 2 aliphatic heterocycles. The molecule has 3 heterocycles. The van der Waals surface area contributed by atoms with E-state index < -0.39 is 6.09 Å². The van der Waals surface area contributed by atoms with Gasteiger partial charge < -0.3 is 15.4 Å². The van der Waals surface area contributed by atoms with Gasteiger partial charge in [-0.2, -0.15) is 4.98 Å². The number of hydrogen-bond donors (Lipinski definition) is 2. The Labute approximate surface area is 189 Å². The van der Waals surface area contributed by atoms with Gasteiger partial charge in [0.2, 0.25) is 5.95 Å². The minimum atomic E-state index is -0.393. The Bertz CT molecular complexity index is 955. The van der Waals surface area contributed by atoms with Gasteiger partial charge in [-0.25, -0.2) is 9.78 Å². The van der Waals surface area contributed by atoms with Crippen molar-refractivity contribution in [3.8, 4) is 0 Å². The van der Waals surface area contributed by atoms with Gasteiger partial charge in [0.25, 0.3) is 0 Å². The molecule has 8 nitrogen and oxygen atoms in total. The lowest BCUT2D eigenvalue weighted by atomic mass is 9.96. The molecule has 5 rings (SSSR count). The molecule has 1 aromatic heterocycles. The monoisotopic (exact) mass is 436 g/mol.